The summed E-state index contributed by atoms with van der Waals surface area (Å²) in [5.41, 5.74) is 2.57. The van der Waals surface area contributed by atoms with Crippen LogP contribution in [0.1, 0.15) is 42.0 Å². The van der Waals surface area contributed by atoms with Gasteiger partial charge in [0.25, 0.3) is 0 Å². The van der Waals surface area contributed by atoms with Crippen LogP contribution < -0.4 is 0 Å². The molecule has 1 fully saturated rings. The van der Waals surface area contributed by atoms with Crippen LogP contribution in [0.4, 0.5) is 0 Å². The molecule has 2 aromatic heterocycles. The van der Waals surface area contributed by atoms with Crippen molar-refractivity contribution < 1.29 is 4.92 Å². The maximum Gasteiger partial charge on any atom is 0.335 e. The summed E-state index contributed by atoms with van der Waals surface area (Å²) in [5, 5.41) is 21.2. The Morgan fingerprint density at radius 1 is 0.966 bits per heavy atom. The highest BCUT2D eigenvalue weighted by atomic mass is 35.5. The fourth-order valence-electron chi connectivity index (χ4n) is 3.56. The third kappa shape index (κ3) is 4.33. The van der Waals surface area contributed by atoms with Crippen LogP contribution in [0, 0.1) is 43.6 Å². The highest BCUT2D eigenvalue weighted by Crippen LogP contribution is 2.30. The first-order chi connectivity index (χ1) is 13.7. The molecule has 1 saturated heterocycles. The van der Waals surface area contributed by atoms with E-state index in [9.17, 15) is 10.1 Å². The van der Waals surface area contributed by atoms with Gasteiger partial charge in [0, 0.05) is 24.5 Å². The molecule has 8 nitrogen and oxygen atoms in total. The lowest BCUT2D eigenvalue weighted by Crippen LogP contribution is -2.29. The van der Waals surface area contributed by atoms with Gasteiger partial charge < -0.3 is 4.90 Å². The van der Waals surface area contributed by atoms with E-state index >= 15 is 0 Å². The molecule has 1 aliphatic rings. The van der Waals surface area contributed by atoms with Gasteiger partial charge in [0.05, 0.1) is 16.3 Å². The average Bonchev–Trinajstić information content (AvgIpc) is 3.18. The number of aromatic nitrogens is 4. The molecule has 0 amide bonds. The number of halogens is 2. The lowest BCUT2D eigenvalue weighted by Gasteiger charge is -2.28. The molecule has 0 unspecified atom stereocenters. The van der Waals surface area contributed by atoms with Gasteiger partial charge in [-0.25, -0.2) is 9.36 Å². The molecule has 3 rings (SSSR count). The van der Waals surface area contributed by atoms with Crippen LogP contribution in [0.3, 0.4) is 0 Å². The molecule has 0 atom stereocenters. The zero-order valence-corrected chi connectivity index (χ0v) is 18.5. The van der Waals surface area contributed by atoms with Gasteiger partial charge in [-0.3, -0.25) is 10.1 Å². The second-order valence-electron chi connectivity index (χ2n) is 7.26. The number of nitrogens with zero attached hydrogens (tertiary/aromatic N) is 6. The van der Waals surface area contributed by atoms with Gasteiger partial charge in [-0.15, -0.1) is 0 Å². The van der Waals surface area contributed by atoms with Gasteiger partial charge in [0.1, 0.15) is 5.16 Å². The fourth-order valence-corrected chi connectivity index (χ4v) is 4.10. The summed E-state index contributed by atoms with van der Waals surface area (Å²) < 4.78 is 2.99. The minimum absolute atomic E-state index is 0.117. The van der Waals surface area contributed by atoms with Crippen molar-refractivity contribution in [3.8, 4) is 0 Å². The second-order valence-corrected chi connectivity index (χ2v) is 8.00. The first-order valence-corrected chi connectivity index (χ1v) is 10.2. The van der Waals surface area contributed by atoms with Crippen molar-refractivity contribution in [2.45, 2.75) is 47.0 Å². The predicted molar refractivity (Wildman–Crippen MR) is 112 cm³/mol. The Morgan fingerprint density at radius 3 is 1.83 bits per heavy atom. The highest BCUT2D eigenvalue weighted by molar-refractivity contribution is 6.40. The summed E-state index contributed by atoms with van der Waals surface area (Å²) in [6.07, 6.45) is 3.05. The summed E-state index contributed by atoms with van der Waals surface area (Å²) in [7, 11) is 0. The Labute approximate surface area is 179 Å². The number of allylic oxidation sites excluding steroid dienone is 1. The summed E-state index contributed by atoms with van der Waals surface area (Å²) >= 11 is 13.1. The number of hydrogen-bond donors (Lipinski definition) is 0. The maximum atomic E-state index is 12.2. The van der Waals surface area contributed by atoms with Crippen molar-refractivity contribution in [2.24, 2.45) is 0 Å². The number of nitro groups is 1. The normalized spacial score (nSPS) is 15.3. The number of rotatable bonds is 5. The van der Waals surface area contributed by atoms with Crippen LogP contribution in [-0.2, 0) is 0 Å². The van der Waals surface area contributed by atoms with E-state index in [0.717, 1.165) is 55.1 Å². The van der Waals surface area contributed by atoms with Crippen LogP contribution in [-0.4, -0.2) is 42.5 Å². The van der Waals surface area contributed by atoms with Crippen molar-refractivity contribution in [2.75, 3.05) is 13.1 Å². The lowest BCUT2D eigenvalue weighted by molar-refractivity contribution is -0.423. The Bertz CT molecular complexity index is 950. The first-order valence-electron chi connectivity index (χ1n) is 9.47. The summed E-state index contributed by atoms with van der Waals surface area (Å²) in [6.45, 7) is 8.74. The minimum Gasteiger partial charge on any atom is -0.361 e. The molecule has 1 aliphatic heterocycles. The van der Waals surface area contributed by atoms with Crippen molar-refractivity contribution >= 4 is 23.2 Å². The molecule has 10 heteroatoms. The smallest absolute Gasteiger partial charge is 0.335 e. The molecule has 3 heterocycles. The van der Waals surface area contributed by atoms with Crippen LogP contribution in [0.15, 0.2) is 28.0 Å². The van der Waals surface area contributed by atoms with E-state index in [4.69, 9.17) is 23.2 Å². The highest BCUT2D eigenvalue weighted by Gasteiger charge is 2.32. The first kappa shape index (κ1) is 21.4. The quantitative estimate of drug-likeness (QED) is 0.302. The molecule has 0 N–H and O–H groups in total. The van der Waals surface area contributed by atoms with Crippen molar-refractivity contribution in [1.82, 2.24) is 24.5 Å². The van der Waals surface area contributed by atoms with E-state index in [-0.39, 0.29) is 21.7 Å². The molecule has 29 heavy (non-hydrogen) atoms. The van der Waals surface area contributed by atoms with E-state index in [1.807, 2.05) is 44.7 Å². The van der Waals surface area contributed by atoms with Gasteiger partial charge in [-0.05, 0) is 59.1 Å². The standard InChI is InChI=1S/C19H24Cl2N6O2/c1-12-10-14(3)25(22-12)19(26-15(4)11-13(2)23-26)17(27(28)29)16(20)18(21)24-8-6-5-7-9-24/h10-11H,5-9H2,1-4H3/b18-16+. The van der Waals surface area contributed by atoms with Crippen LogP contribution in [0.2, 0.25) is 0 Å². The summed E-state index contributed by atoms with van der Waals surface area (Å²) in [6, 6.07) is 3.68. The molecular formula is C19H24Cl2N6O2. The molecule has 2 aromatic rings. The van der Waals surface area contributed by atoms with Crippen LogP contribution in [0.25, 0.3) is 0 Å². The van der Waals surface area contributed by atoms with Crippen LogP contribution in [0.5, 0.6) is 0 Å². The third-order valence-electron chi connectivity index (χ3n) is 4.84. The molecule has 0 spiro atoms. The molecule has 0 saturated carbocycles. The molecule has 156 valence electrons. The maximum absolute atomic E-state index is 12.2. The van der Waals surface area contributed by atoms with E-state index in [1.54, 1.807) is 0 Å². The predicted octanol–water partition coefficient (Wildman–Crippen LogP) is 4.21. The van der Waals surface area contributed by atoms with E-state index < -0.39 is 4.92 Å². The van der Waals surface area contributed by atoms with Crippen molar-refractivity contribution in [3.05, 3.63) is 66.7 Å². The number of likely N-dealkylation sites (tertiary alicyclic amines) is 1. The average molecular weight is 439 g/mol. The van der Waals surface area contributed by atoms with Gasteiger partial charge in [0.15, 0.2) is 5.03 Å². The number of aryl methyl sites for hydroxylation is 4. The molecule has 0 radical (unpaired) electrons. The monoisotopic (exact) mass is 438 g/mol. The third-order valence-corrected chi connectivity index (χ3v) is 5.72. The Balaban J connectivity index is 2.31. The molecule has 0 bridgehead atoms. The van der Waals surface area contributed by atoms with Crippen LogP contribution >= 0.6 is 23.2 Å². The van der Waals surface area contributed by atoms with Gasteiger partial charge in [-0.2, -0.15) is 10.2 Å². The van der Waals surface area contributed by atoms with E-state index in [1.165, 1.54) is 9.36 Å². The zero-order valence-electron chi connectivity index (χ0n) is 16.9. The largest absolute Gasteiger partial charge is 0.361 e. The van der Waals surface area contributed by atoms with E-state index in [0.29, 0.717) is 0 Å². The summed E-state index contributed by atoms with van der Waals surface area (Å²) in [5.74, 6) is 0.145. The SMILES string of the molecule is Cc1cc(C)n(C(=C(/C(Cl)=C(/Cl)N2CCCCC2)[N+](=O)[O-])n2nc(C)cc2C)n1. The fraction of sp³-hybridized carbons (Fsp3) is 0.474. The molecular weight excluding hydrogens is 415 g/mol. The Hall–Kier alpha value is -2.32. The Kier molecular flexibility index (Phi) is 6.33. The Morgan fingerprint density at radius 2 is 1.45 bits per heavy atom. The zero-order chi connectivity index (χ0) is 21.3. The number of piperidine rings is 1. The van der Waals surface area contributed by atoms with E-state index in [2.05, 4.69) is 10.2 Å². The second kappa shape index (κ2) is 8.59. The minimum atomic E-state index is -0.517. The van der Waals surface area contributed by atoms with Gasteiger partial charge in [-0.1, -0.05) is 23.2 Å². The van der Waals surface area contributed by atoms with Gasteiger partial charge >= 0.3 is 5.70 Å². The lowest BCUT2D eigenvalue weighted by atomic mass is 10.1. The molecule has 0 aliphatic carbocycles. The van der Waals surface area contributed by atoms with Crippen molar-refractivity contribution in [3.63, 3.8) is 0 Å². The molecule has 0 aromatic carbocycles. The van der Waals surface area contributed by atoms with Gasteiger partial charge in [0.2, 0.25) is 5.82 Å². The van der Waals surface area contributed by atoms with Crippen molar-refractivity contribution in [1.29, 1.82) is 0 Å². The topological polar surface area (TPSA) is 82.0 Å². The summed E-state index contributed by atoms with van der Waals surface area (Å²) in [4.78, 5) is 13.6. The number of hydrogen-bond acceptors (Lipinski definition) is 5.